The van der Waals surface area contributed by atoms with Gasteiger partial charge in [0.25, 0.3) is 5.91 Å². The summed E-state index contributed by atoms with van der Waals surface area (Å²) in [5.41, 5.74) is 3.20. The van der Waals surface area contributed by atoms with Gasteiger partial charge >= 0.3 is 0 Å². The van der Waals surface area contributed by atoms with E-state index in [-0.39, 0.29) is 11.7 Å². The van der Waals surface area contributed by atoms with Crippen molar-refractivity contribution in [3.63, 3.8) is 0 Å². The van der Waals surface area contributed by atoms with Crippen molar-refractivity contribution in [2.45, 2.75) is 13.0 Å². The Hall–Kier alpha value is -4.66. The minimum Gasteiger partial charge on any atom is -0.508 e. The molecule has 0 radical (unpaired) electrons. The first-order valence-electron chi connectivity index (χ1n) is 10.6. The van der Waals surface area contributed by atoms with Gasteiger partial charge in [-0.1, -0.05) is 24.3 Å². The zero-order chi connectivity index (χ0) is 23.7. The molecule has 1 aliphatic heterocycles. The van der Waals surface area contributed by atoms with E-state index >= 15 is 0 Å². The van der Waals surface area contributed by atoms with Gasteiger partial charge in [-0.25, -0.2) is 4.68 Å². The van der Waals surface area contributed by atoms with Crippen molar-refractivity contribution in [2.24, 2.45) is 0 Å². The minimum atomic E-state index is -0.579. The van der Waals surface area contributed by atoms with Crippen LogP contribution < -0.4 is 15.4 Å². The van der Waals surface area contributed by atoms with Gasteiger partial charge in [0.1, 0.15) is 17.5 Å². The van der Waals surface area contributed by atoms with Crippen LogP contribution in [-0.4, -0.2) is 37.9 Å². The van der Waals surface area contributed by atoms with Gasteiger partial charge in [-0.3, -0.25) is 9.78 Å². The average Bonchev–Trinajstić information content (AvgIpc) is 3.27. The topological polar surface area (TPSA) is 114 Å². The average molecular weight is 454 g/mol. The molecule has 2 aromatic carbocycles. The Balaban J connectivity index is 1.62. The number of ether oxygens (including phenoxy) is 1. The number of phenols is 1. The Morgan fingerprint density at radius 2 is 1.91 bits per heavy atom. The highest BCUT2D eigenvalue weighted by atomic mass is 16.5. The van der Waals surface area contributed by atoms with Crippen LogP contribution in [0.4, 0.5) is 11.6 Å². The number of para-hydroxylation sites is 1. The van der Waals surface area contributed by atoms with Crippen molar-refractivity contribution in [1.82, 2.24) is 19.7 Å². The first kappa shape index (κ1) is 21.2. The van der Waals surface area contributed by atoms with Crippen molar-refractivity contribution in [3.05, 3.63) is 89.9 Å². The third-order valence-corrected chi connectivity index (χ3v) is 5.57. The molecule has 0 bridgehead atoms. The molecule has 2 aromatic heterocycles. The molecule has 3 heterocycles. The summed E-state index contributed by atoms with van der Waals surface area (Å²) in [5.74, 6) is 1.44. The molecule has 0 fully saturated rings. The monoisotopic (exact) mass is 454 g/mol. The number of benzene rings is 2. The SMILES string of the molecule is COc1ccccc1-c1nc2n(n1)C(c1ccc(O)cc1)C(C(=O)Nc1cccnc1)=C(C)N2. The van der Waals surface area contributed by atoms with Crippen LogP contribution in [0.5, 0.6) is 11.5 Å². The summed E-state index contributed by atoms with van der Waals surface area (Å²) in [6.45, 7) is 1.83. The lowest BCUT2D eigenvalue weighted by molar-refractivity contribution is -0.113. The lowest BCUT2D eigenvalue weighted by Gasteiger charge is -2.28. The largest absolute Gasteiger partial charge is 0.508 e. The maximum Gasteiger partial charge on any atom is 0.255 e. The van der Waals surface area contributed by atoms with Crippen LogP contribution in [0, 0.1) is 0 Å². The number of aromatic nitrogens is 4. The van der Waals surface area contributed by atoms with E-state index < -0.39 is 6.04 Å². The normalized spacial score (nSPS) is 14.8. The van der Waals surface area contributed by atoms with Crippen LogP contribution in [-0.2, 0) is 4.79 Å². The predicted octanol–water partition coefficient (Wildman–Crippen LogP) is 3.98. The zero-order valence-corrected chi connectivity index (χ0v) is 18.6. The number of carbonyl (C=O) groups excluding carboxylic acids is 1. The first-order valence-corrected chi connectivity index (χ1v) is 10.6. The Bertz CT molecular complexity index is 1380. The lowest BCUT2D eigenvalue weighted by atomic mass is 9.95. The van der Waals surface area contributed by atoms with E-state index in [1.165, 1.54) is 0 Å². The summed E-state index contributed by atoms with van der Waals surface area (Å²) in [6, 6.07) is 17.1. The molecule has 1 atom stereocenters. The first-order chi connectivity index (χ1) is 16.5. The Morgan fingerprint density at radius 3 is 2.65 bits per heavy atom. The highest BCUT2D eigenvalue weighted by Gasteiger charge is 2.34. The quantitative estimate of drug-likeness (QED) is 0.418. The number of hydrogen-bond acceptors (Lipinski definition) is 7. The van der Waals surface area contributed by atoms with Crippen LogP contribution in [0.2, 0.25) is 0 Å². The molecule has 170 valence electrons. The summed E-state index contributed by atoms with van der Waals surface area (Å²) in [6.07, 6.45) is 3.23. The number of pyridine rings is 1. The summed E-state index contributed by atoms with van der Waals surface area (Å²) >= 11 is 0. The van der Waals surface area contributed by atoms with Gasteiger partial charge < -0.3 is 20.5 Å². The van der Waals surface area contributed by atoms with E-state index in [9.17, 15) is 9.90 Å². The van der Waals surface area contributed by atoms with Crippen molar-refractivity contribution >= 4 is 17.5 Å². The van der Waals surface area contributed by atoms with E-state index in [0.717, 1.165) is 11.1 Å². The van der Waals surface area contributed by atoms with Gasteiger partial charge in [0.15, 0.2) is 5.82 Å². The Labute approximate surface area is 195 Å². The Kier molecular flexibility index (Phi) is 5.43. The molecule has 3 N–H and O–H groups in total. The fraction of sp³-hybridized carbons (Fsp3) is 0.120. The van der Waals surface area contributed by atoms with E-state index in [2.05, 4.69) is 20.6 Å². The molecular formula is C25H22N6O3. The number of hydrogen-bond donors (Lipinski definition) is 3. The second kappa shape index (κ2) is 8.70. The predicted molar refractivity (Wildman–Crippen MR) is 127 cm³/mol. The summed E-state index contributed by atoms with van der Waals surface area (Å²) < 4.78 is 7.17. The number of phenolic OH excluding ortho intramolecular Hbond substituents is 1. The molecule has 5 rings (SSSR count). The fourth-order valence-electron chi connectivity index (χ4n) is 3.99. The van der Waals surface area contributed by atoms with E-state index in [4.69, 9.17) is 9.84 Å². The number of amides is 1. The molecule has 0 aliphatic carbocycles. The molecule has 9 nitrogen and oxygen atoms in total. The second-order valence-corrected chi connectivity index (χ2v) is 7.76. The second-order valence-electron chi connectivity index (χ2n) is 7.76. The lowest BCUT2D eigenvalue weighted by Crippen LogP contribution is -2.31. The number of rotatable bonds is 5. The molecule has 1 aliphatic rings. The molecule has 34 heavy (non-hydrogen) atoms. The Morgan fingerprint density at radius 1 is 1.12 bits per heavy atom. The van der Waals surface area contributed by atoms with Crippen molar-refractivity contribution in [3.8, 4) is 22.9 Å². The molecule has 4 aromatic rings. The van der Waals surface area contributed by atoms with Gasteiger partial charge in [-0.15, -0.1) is 5.10 Å². The third-order valence-electron chi connectivity index (χ3n) is 5.57. The van der Waals surface area contributed by atoms with Gasteiger partial charge in [-0.05, 0) is 48.9 Å². The number of allylic oxidation sites excluding steroid dienone is 1. The number of nitrogens with zero attached hydrogens (tertiary/aromatic N) is 4. The number of anilines is 2. The van der Waals surface area contributed by atoms with Crippen LogP contribution in [0.15, 0.2) is 84.3 Å². The summed E-state index contributed by atoms with van der Waals surface area (Å²) in [4.78, 5) is 22.2. The van der Waals surface area contributed by atoms with Gasteiger partial charge in [0.2, 0.25) is 5.95 Å². The van der Waals surface area contributed by atoms with Crippen LogP contribution in [0.1, 0.15) is 18.5 Å². The van der Waals surface area contributed by atoms with Crippen molar-refractivity contribution in [1.29, 1.82) is 0 Å². The van der Waals surface area contributed by atoms with Gasteiger partial charge in [0, 0.05) is 11.9 Å². The smallest absolute Gasteiger partial charge is 0.255 e. The number of nitrogens with one attached hydrogen (secondary N) is 2. The molecular weight excluding hydrogens is 432 g/mol. The fourth-order valence-corrected chi connectivity index (χ4v) is 3.99. The summed E-state index contributed by atoms with van der Waals surface area (Å²) in [5, 5.41) is 20.7. The number of fused-ring (bicyclic) bond motifs is 1. The van der Waals surface area contributed by atoms with Crippen LogP contribution in [0.3, 0.4) is 0 Å². The van der Waals surface area contributed by atoms with Crippen molar-refractivity contribution < 1.29 is 14.6 Å². The van der Waals surface area contributed by atoms with E-state index in [1.54, 1.807) is 60.6 Å². The van der Waals surface area contributed by atoms with Crippen molar-refractivity contribution in [2.75, 3.05) is 17.7 Å². The number of aromatic hydroxyl groups is 1. The highest BCUT2D eigenvalue weighted by Crippen LogP contribution is 2.38. The minimum absolute atomic E-state index is 0.133. The maximum atomic E-state index is 13.4. The standard InChI is InChI=1S/C25H22N6O3/c1-15-21(24(33)28-17-6-5-13-26-14-17)22(16-9-11-18(32)12-10-16)31-25(27-15)29-23(30-31)19-7-3-4-8-20(19)34-2/h3-14,22,32H,1-2H3,(H,28,33)(H,27,29,30). The van der Waals surface area contributed by atoms with Gasteiger partial charge in [-0.2, -0.15) is 4.98 Å². The van der Waals surface area contributed by atoms with E-state index in [1.807, 2.05) is 31.2 Å². The number of carbonyl (C=O) groups is 1. The third kappa shape index (κ3) is 3.83. The van der Waals surface area contributed by atoms with E-state index in [0.29, 0.717) is 34.5 Å². The maximum absolute atomic E-state index is 13.4. The number of methoxy groups -OCH3 is 1. The molecule has 0 spiro atoms. The molecule has 0 saturated carbocycles. The van der Waals surface area contributed by atoms with Crippen LogP contribution >= 0.6 is 0 Å². The zero-order valence-electron chi connectivity index (χ0n) is 18.6. The summed E-state index contributed by atoms with van der Waals surface area (Å²) in [7, 11) is 1.60. The molecule has 9 heteroatoms. The highest BCUT2D eigenvalue weighted by molar-refractivity contribution is 6.06. The molecule has 0 saturated heterocycles. The molecule has 1 amide bonds. The van der Waals surface area contributed by atoms with Gasteiger partial charge in [0.05, 0.1) is 30.1 Å². The molecule has 1 unspecified atom stereocenters. The van der Waals surface area contributed by atoms with Crippen LogP contribution in [0.25, 0.3) is 11.4 Å².